The van der Waals surface area contributed by atoms with Crippen molar-refractivity contribution in [2.24, 2.45) is 5.92 Å². The van der Waals surface area contributed by atoms with Crippen molar-refractivity contribution in [2.75, 3.05) is 0 Å². The molecule has 0 radical (unpaired) electrons. The van der Waals surface area contributed by atoms with Gasteiger partial charge in [0.2, 0.25) is 0 Å². The van der Waals surface area contributed by atoms with E-state index in [-0.39, 0.29) is 0 Å². The molecule has 1 atom stereocenters. The highest BCUT2D eigenvalue weighted by atomic mass is 19.4. The van der Waals surface area contributed by atoms with Crippen LogP contribution in [0.2, 0.25) is 0 Å². The SMILES string of the molecule is CC(=O)C(C)C(=O)OC(F)(F)C(F)(F)C(F)(F)F. The first-order chi connectivity index (χ1) is 7.74. The van der Waals surface area contributed by atoms with Crippen LogP contribution in [0.1, 0.15) is 13.8 Å². The molecule has 0 aromatic rings. The second-order valence-corrected chi connectivity index (χ2v) is 3.34. The lowest BCUT2D eigenvalue weighted by Crippen LogP contribution is -2.54. The van der Waals surface area contributed by atoms with Crippen LogP contribution in [0.5, 0.6) is 0 Å². The van der Waals surface area contributed by atoms with Crippen LogP contribution >= 0.6 is 0 Å². The maximum absolute atomic E-state index is 12.5. The Hall–Kier alpha value is -1.35. The Labute approximate surface area is 95.9 Å². The molecule has 0 bridgehead atoms. The molecule has 0 saturated carbocycles. The maximum Gasteiger partial charge on any atom is 0.476 e. The summed E-state index contributed by atoms with van der Waals surface area (Å²) >= 11 is 0. The molecule has 0 N–H and O–H groups in total. The Balaban J connectivity index is 5.08. The lowest BCUT2D eigenvalue weighted by molar-refractivity contribution is -0.412. The predicted octanol–water partition coefficient (Wildman–Crippen LogP) is 2.55. The summed E-state index contributed by atoms with van der Waals surface area (Å²) in [5, 5.41) is 0. The molecule has 0 rings (SSSR count). The highest BCUT2D eigenvalue weighted by molar-refractivity contribution is 5.97. The fraction of sp³-hybridized carbons (Fsp3) is 0.750. The Morgan fingerprint density at radius 1 is 1.00 bits per heavy atom. The number of Topliss-reactive ketones (excluding diaryl/α,β-unsaturated/α-hetero) is 1. The van der Waals surface area contributed by atoms with Crippen molar-refractivity contribution in [3.8, 4) is 0 Å². The number of ketones is 1. The predicted molar refractivity (Wildman–Crippen MR) is 41.9 cm³/mol. The fourth-order valence-electron chi connectivity index (χ4n) is 0.610. The van der Waals surface area contributed by atoms with E-state index in [1.807, 2.05) is 0 Å². The van der Waals surface area contributed by atoms with Crippen LogP contribution < -0.4 is 0 Å². The molecule has 0 aromatic carbocycles. The zero-order valence-corrected chi connectivity index (χ0v) is 8.95. The van der Waals surface area contributed by atoms with Gasteiger partial charge in [-0.1, -0.05) is 0 Å². The molecule has 0 saturated heterocycles. The van der Waals surface area contributed by atoms with E-state index in [1.54, 1.807) is 0 Å². The van der Waals surface area contributed by atoms with Gasteiger partial charge in [-0.25, -0.2) is 0 Å². The Morgan fingerprint density at radius 3 is 1.67 bits per heavy atom. The summed E-state index contributed by atoms with van der Waals surface area (Å²) in [5.41, 5.74) is 0. The number of carbonyl (C=O) groups is 2. The zero-order valence-electron chi connectivity index (χ0n) is 8.95. The van der Waals surface area contributed by atoms with Gasteiger partial charge in [0.15, 0.2) is 0 Å². The lowest BCUT2D eigenvalue weighted by Gasteiger charge is -2.27. The standard InChI is InChI=1S/C8H7F7O3/c1-3(4(2)16)5(17)18-8(14,15)6(9,10)7(11,12)13/h3H,1-2H3. The normalized spacial score (nSPS) is 15.2. The monoisotopic (exact) mass is 284 g/mol. The molecule has 3 nitrogen and oxygen atoms in total. The van der Waals surface area contributed by atoms with Crippen molar-refractivity contribution < 1.29 is 45.1 Å². The third kappa shape index (κ3) is 3.10. The van der Waals surface area contributed by atoms with Gasteiger partial charge < -0.3 is 4.74 Å². The fourth-order valence-corrected chi connectivity index (χ4v) is 0.610. The number of carbonyl (C=O) groups excluding carboxylic acids is 2. The van der Waals surface area contributed by atoms with E-state index >= 15 is 0 Å². The van der Waals surface area contributed by atoms with Gasteiger partial charge in [-0.2, -0.15) is 30.7 Å². The minimum Gasteiger partial charge on any atom is -0.395 e. The number of hydrogen-bond acceptors (Lipinski definition) is 3. The van der Waals surface area contributed by atoms with Gasteiger partial charge in [0, 0.05) is 0 Å². The highest BCUT2D eigenvalue weighted by Crippen LogP contribution is 2.47. The molecule has 0 amide bonds. The molecule has 0 fully saturated rings. The van der Waals surface area contributed by atoms with Gasteiger partial charge in [0.1, 0.15) is 11.7 Å². The summed E-state index contributed by atoms with van der Waals surface area (Å²) in [6.07, 6.45) is -12.7. The first-order valence-electron chi connectivity index (χ1n) is 4.29. The van der Waals surface area contributed by atoms with Crippen LogP contribution in [0.4, 0.5) is 30.7 Å². The largest absolute Gasteiger partial charge is 0.476 e. The third-order valence-corrected chi connectivity index (χ3v) is 1.91. The first-order valence-corrected chi connectivity index (χ1v) is 4.29. The molecule has 0 aliphatic heterocycles. The molecular formula is C8H7F7O3. The van der Waals surface area contributed by atoms with Crippen molar-refractivity contribution in [3.05, 3.63) is 0 Å². The number of alkyl halides is 7. The van der Waals surface area contributed by atoms with Gasteiger partial charge in [-0.05, 0) is 13.8 Å². The molecule has 10 heteroatoms. The summed E-state index contributed by atoms with van der Waals surface area (Å²) in [6.45, 7) is 1.48. The Bertz CT molecular complexity index is 347. The van der Waals surface area contributed by atoms with Crippen LogP contribution in [-0.2, 0) is 14.3 Å². The number of hydrogen-bond donors (Lipinski definition) is 0. The van der Waals surface area contributed by atoms with E-state index in [0.29, 0.717) is 0 Å². The molecular weight excluding hydrogens is 277 g/mol. The van der Waals surface area contributed by atoms with Crippen molar-refractivity contribution in [2.45, 2.75) is 32.1 Å². The number of rotatable bonds is 4. The summed E-state index contributed by atoms with van der Waals surface area (Å²) in [5.74, 6) is -11.6. The van der Waals surface area contributed by atoms with Crippen molar-refractivity contribution >= 4 is 11.8 Å². The van der Waals surface area contributed by atoms with Crippen LogP contribution in [0, 0.1) is 5.92 Å². The van der Waals surface area contributed by atoms with Gasteiger partial charge in [-0.15, -0.1) is 0 Å². The third-order valence-electron chi connectivity index (χ3n) is 1.91. The molecule has 0 aliphatic rings. The number of halogens is 7. The van der Waals surface area contributed by atoms with E-state index in [9.17, 15) is 40.3 Å². The second-order valence-electron chi connectivity index (χ2n) is 3.34. The van der Waals surface area contributed by atoms with E-state index in [4.69, 9.17) is 0 Å². The summed E-state index contributed by atoms with van der Waals surface area (Å²) in [7, 11) is 0. The summed E-state index contributed by atoms with van der Waals surface area (Å²) < 4.78 is 87.4. The van der Waals surface area contributed by atoms with Crippen molar-refractivity contribution in [1.82, 2.24) is 0 Å². The summed E-state index contributed by atoms with van der Waals surface area (Å²) in [6, 6.07) is 0. The van der Waals surface area contributed by atoms with Crippen LogP contribution in [0.25, 0.3) is 0 Å². The molecule has 0 aromatic heterocycles. The van der Waals surface area contributed by atoms with Crippen LogP contribution in [0.3, 0.4) is 0 Å². The first kappa shape index (κ1) is 16.6. The Morgan fingerprint density at radius 2 is 1.39 bits per heavy atom. The number of esters is 1. The lowest BCUT2D eigenvalue weighted by atomic mass is 10.1. The minimum absolute atomic E-state index is 0.729. The Kier molecular flexibility index (Phi) is 4.37. The van der Waals surface area contributed by atoms with Crippen LogP contribution in [0.15, 0.2) is 0 Å². The smallest absolute Gasteiger partial charge is 0.395 e. The molecule has 106 valence electrons. The van der Waals surface area contributed by atoms with Gasteiger partial charge in [-0.3, -0.25) is 9.59 Å². The van der Waals surface area contributed by atoms with Gasteiger partial charge in [0.25, 0.3) is 0 Å². The van der Waals surface area contributed by atoms with Crippen molar-refractivity contribution in [3.63, 3.8) is 0 Å². The van der Waals surface area contributed by atoms with E-state index in [0.717, 1.165) is 13.8 Å². The van der Waals surface area contributed by atoms with E-state index in [1.165, 1.54) is 0 Å². The topological polar surface area (TPSA) is 43.4 Å². The van der Waals surface area contributed by atoms with Gasteiger partial charge >= 0.3 is 24.2 Å². The molecule has 0 spiro atoms. The zero-order chi connectivity index (χ0) is 14.9. The molecule has 18 heavy (non-hydrogen) atoms. The molecule has 1 unspecified atom stereocenters. The quantitative estimate of drug-likeness (QED) is 0.452. The number of ether oxygens (including phenoxy) is 1. The molecule has 0 heterocycles. The maximum atomic E-state index is 12.5. The van der Waals surface area contributed by atoms with Crippen molar-refractivity contribution in [1.29, 1.82) is 0 Å². The second kappa shape index (κ2) is 4.73. The average molecular weight is 284 g/mol. The average Bonchev–Trinajstić information content (AvgIpc) is 2.13. The van der Waals surface area contributed by atoms with E-state index < -0.39 is 35.9 Å². The summed E-state index contributed by atoms with van der Waals surface area (Å²) in [4.78, 5) is 21.3. The molecule has 0 aliphatic carbocycles. The minimum atomic E-state index is -6.60. The highest BCUT2D eigenvalue weighted by Gasteiger charge is 2.76. The van der Waals surface area contributed by atoms with Crippen LogP contribution in [-0.4, -0.2) is 30.0 Å². The van der Waals surface area contributed by atoms with Gasteiger partial charge in [0.05, 0.1) is 0 Å². The van der Waals surface area contributed by atoms with E-state index in [2.05, 4.69) is 4.74 Å².